The second-order valence-electron chi connectivity index (χ2n) is 23.2. The highest BCUT2D eigenvalue weighted by Gasteiger charge is 2.51. The minimum absolute atomic E-state index is 0.0412. The summed E-state index contributed by atoms with van der Waals surface area (Å²) in [4.78, 5) is 177. The number of unbranched alkanes of at least 4 members (excludes halogenated alkanes) is 1. The quantitative estimate of drug-likeness (QED) is 0.0240. The van der Waals surface area contributed by atoms with Gasteiger partial charge in [0, 0.05) is 56.4 Å². The number of nitrogens with one attached hydrogen (secondary N) is 7. The van der Waals surface area contributed by atoms with Crippen molar-refractivity contribution in [2.75, 3.05) is 52.9 Å². The van der Waals surface area contributed by atoms with E-state index in [0.29, 0.717) is 62.4 Å². The molecule has 0 bridgehead atoms. The number of hydrogen-bond donors (Lipinski definition) is 8. The fourth-order valence-corrected chi connectivity index (χ4v) is 11.3. The normalized spacial score (nSPS) is 21.1. The van der Waals surface area contributed by atoms with Crippen molar-refractivity contribution in [2.24, 2.45) is 17.6 Å². The Morgan fingerprint density at radius 2 is 1.07 bits per heavy atom. The number of para-hydroxylation sites is 1. The lowest BCUT2D eigenvalue weighted by molar-refractivity contribution is -0.169. The van der Waals surface area contributed by atoms with Crippen LogP contribution in [0, 0.1) is 11.8 Å². The third-order valence-electron chi connectivity index (χ3n) is 15.7. The third-order valence-corrected chi connectivity index (χ3v) is 15.7. The molecule has 6 rings (SSSR count). The Bertz CT molecular complexity index is 2800. The Balaban J connectivity index is 1.44. The number of nitrogens with two attached hydrogens (primary N) is 1. The van der Waals surface area contributed by atoms with Crippen LogP contribution in [0.1, 0.15) is 77.8 Å². The molecule has 86 heavy (non-hydrogen) atoms. The van der Waals surface area contributed by atoms with E-state index < -0.39 is 109 Å². The SMILES string of the molecule is CC(C)C[C@@H](C=O)N[C@H]1C(=O)N([C@H](C=O)N[C@@H](C)C=O)CCN1C(=O)[C@H](N[C@H](C=O)CC(C)C)N1CCN(C(=O)[C@H](N[C@H](C=O)Cc2c[nH]c3ccccc23)N2CCN(C)[C@@H](N[C@H](C=O)Cc3ccccc3)C2=O)[C@@H](N[C@H](C=O)CCCCN)C1=O. The predicted molar refractivity (Wildman–Crippen MR) is 318 cm³/mol. The van der Waals surface area contributed by atoms with Gasteiger partial charge in [0.15, 0.2) is 30.9 Å². The molecule has 4 heterocycles. The Morgan fingerprint density at radius 1 is 0.558 bits per heavy atom. The summed E-state index contributed by atoms with van der Waals surface area (Å²) in [5.74, 6) is -4.39. The molecular formula is C60H86N14O12. The molecule has 26 nitrogen and oxygen atoms in total. The summed E-state index contributed by atoms with van der Waals surface area (Å²) in [7, 11) is 1.69. The summed E-state index contributed by atoms with van der Waals surface area (Å²) in [6.07, 6.45) is -1.81. The minimum Gasteiger partial charge on any atom is -0.361 e. The Labute approximate surface area is 501 Å². The first kappa shape index (κ1) is 67.8. The maximum absolute atomic E-state index is 16.0. The number of carbonyl (C=O) groups excluding carboxylic acids is 12. The number of aldehydes is 7. The van der Waals surface area contributed by atoms with Gasteiger partial charge >= 0.3 is 0 Å². The molecule has 9 N–H and O–H groups in total. The van der Waals surface area contributed by atoms with Gasteiger partial charge in [-0.1, -0.05) is 82.6 Å². The first-order chi connectivity index (χ1) is 41.3. The Kier molecular flexibility index (Phi) is 26.0. The van der Waals surface area contributed by atoms with Crippen LogP contribution in [-0.4, -0.2) is 234 Å². The fourth-order valence-electron chi connectivity index (χ4n) is 11.3. The van der Waals surface area contributed by atoms with Gasteiger partial charge in [0.2, 0.25) is 0 Å². The second kappa shape index (κ2) is 33.0. The lowest BCUT2D eigenvalue weighted by Gasteiger charge is -2.49. The van der Waals surface area contributed by atoms with Crippen LogP contribution in [0.3, 0.4) is 0 Å². The zero-order valence-electron chi connectivity index (χ0n) is 50.0. The largest absolute Gasteiger partial charge is 0.361 e. The smallest absolute Gasteiger partial charge is 0.262 e. The van der Waals surface area contributed by atoms with E-state index in [0.717, 1.165) is 36.1 Å². The minimum atomic E-state index is -1.77. The number of hydrogen-bond acceptors (Lipinski definition) is 20. The zero-order valence-corrected chi connectivity index (χ0v) is 50.0. The van der Waals surface area contributed by atoms with E-state index in [1.165, 1.54) is 11.8 Å². The average Bonchev–Trinajstić information content (AvgIpc) is 2.70. The molecular weight excluding hydrogens is 1110 g/mol. The highest BCUT2D eigenvalue weighted by molar-refractivity contribution is 5.98. The van der Waals surface area contributed by atoms with Gasteiger partial charge in [-0.15, -0.1) is 0 Å². The van der Waals surface area contributed by atoms with Gasteiger partial charge in [0.1, 0.15) is 50.0 Å². The van der Waals surface area contributed by atoms with Crippen LogP contribution in [0.4, 0.5) is 0 Å². The molecule has 468 valence electrons. The van der Waals surface area contributed by atoms with Crippen molar-refractivity contribution in [1.82, 2.24) is 66.3 Å². The van der Waals surface area contributed by atoms with E-state index in [-0.39, 0.29) is 83.2 Å². The number of aromatic nitrogens is 1. The van der Waals surface area contributed by atoms with Gasteiger partial charge in [-0.3, -0.25) is 65.6 Å². The Morgan fingerprint density at radius 3 is 1.64 bits per heavy atom. The number of nitrogens with zero attached hydrogens (tertiary/aromatic N) is 6. The number of aromatic amines is 1. The average molecular weight is 1200 g/mol. The lowest BCUT2D eigenvalue weighted by Crippen LogP contribution is -2.76. The number of piperazine rings is 3. The van der Waals surface area contributed by atoms with Crippen molar-refractivity contribution in [3.05, 3.63) is 71.9 Å². The highest BCUT2D eigenvalue weighted by atomic mass is 16.2. The van der Waals surface area contributed by atoms with Gasteiger partial charge in [-0.05, 0) is 88.1 Å². The van der Waals surface area contributed by atoms with Gasteiger partial charge in [0.05, 0.1) is 36.3 Å². The summed E-state index contributed by atoms with van der Waals surface area (Å²) >= 11 is 0. The molecule has 3 saturated heterocycles. The molecule has 0 saturated carbocycles. The molecule has 26 heteroatoms. The molecule has 12 atom stereocenters. The lowest BCUT2D eigenvalue weighted by atomic mass is 10.0. The summed E-state index contributed by atoms with van der Waals surface area (Å²) in [5.41, 5.74) is 8.17. The van der Waals surface area contributed by atoms with Crippen molar-refractivity contribution < 1.29 is 57.5 Å². The molecule has 0 unspecified atom stereocenters. The number of H-pyrrole nitrogens is 1. The molecule has 0 aliphatic carbocycles. The van der Waals surface area contributed by atoms with Crippen molar-refractivity contribution in [3.8, 4) is 0 Å². The van der Waals surface area contributed by atoms with E-state index in [4.69, 9.17) is 5.73 Å². The number of fused-ring (bicyclic) bond motifs is 1. The van der Waals surface area contributed by atoms with E-state index in [1.807, 2.05) is 82.3 Å². The number of carbonyl (C=O) groups is 12. The van der Waals surface area contributed by atoms with Crippen LogP contribution in [0.15, 0.2) is 60.8 Å². The van der Waals surface area contributed by atoms with Crippen LogP contribution < -0.4 is 37.6 Å². The van der Waals surface area contributed by atoms with E-state index >= 15 is 19.2 Å². The number of likely N-dealkylation sites (N-methyl/N-ethyl adjacent to an activating group) is 1. The molecule has 3 aliphatic rings. The van der Waals surface area contributed by atoms with Crippen molar-refractivity contribution >= 4 is 84.4 Å². The first-order valence-corrected chi connectivity index (χ1v) is 29.6. The van der Waals surface area contributed by atoms with Crippen LogP contribution in [0.2, 0.25) is 0 Å². The van der Waals surface area contributed by atoms with E-state index in [1.54, 1.807) is 18.1 Å². The topological polar surface area (TPSA) is 338 Å². The number of amides is 5. The van der Waals surface area contributed by atoms with Gasteiger partial charge in [0.25, 0.3) is 29.5 Å². The summed E-state index contributed by atoms with van der Waals surface area (Å²) < 4.78 is 0. The molecule has 3 fully saturated rings. The Hall–Kier alpha value is -7.30. The standard InChI is InChI=1S/C60H86N14O12/c1-38(2)26-44(33-77)66-52-57(83)70(50(37-81)63-40(5)31-75)22-23-72(52)59(85)54(67-45(34-78)27-39(3)4)74-25-24-73(53(58(74)84)64-43(32-76)16-12-13-19-61)60(86)55(68-47(36-80)29-42-30-62-49-18-11-10-17-48(42)49)71-21-20-69(6)51(56(71)82)65-46(35-79)28-41-14-8-7-9-15-41/h7-11,14-15,17-18,30-40,43-47,50-55,62-68H,12-13,16,19-29,61H2,1-6H3/t40-,43-,44-,45-,46-,47-,50+,51+,52+,53+,54+,55+/m0/s1. The van der Waals surface area contributed by atoms with Crippen molar-refractivity contribution in [3.63, 3.8) is 0 Å². The molecule has 3 aromatic rings. The molecule has 0 spiro atoms. The van der Waals surface area contributed by atoms with Gasteiger partial charge in [-0.25, -0.2) is 0 Å². The van der Waals surface area contributed by atoms with Crippen molar-refractivity contribution in [1.29, 1.82) is 0 Å². The molecule has 5 amide bonds. The van der Waals surface area contributed by atoms with Crippen molar-refractivity contribution in [2.45, 2.75) is 153 Å². The molecule has 2 aromatic carbocycles. The van der Waals surface area contributed by atoms with Crippen LogP contribution in [0.25, 0.3) is 10.9 Å². The third kappa shape index (κ3) is 17.5. The predicted octanol–water partition coefficient (Wildman–Crippen LogP) is -1.59. The fraction of sp³-hybridized carbons (Fsp3) is 0.567. The molecule has 3 aliphatic heterocycles. The number of rotatable bonds is 36. The first-order valence-electron chi connectivity index (χ1n) is 29.6. The zero-order chi connectivity index (χ0) is 62.6. The van der Waals surface area contributed by atoms with Crippen LogP contribution >= 0.6 is 0 Å². The van der Waals surface area contributed by atoms with Crippen LogP contribution in [0.5, 0.6) is 0 Å². The highest BCUT2D eigenvalue weighted by Crippen LogP contribution is 2.25. The summed E-state index contributed by atoms with van der Waals surface area (Å²) in [6, 6.07) is 10.6. The molecule has 1 aromatic heterocycles. The maximum Gasteiger partial charge on any atom is 0.262 e. The second-order valence-corrected chi connectivity index (χ2v) is 23.2. The molecule has 0 radical (unpaired) electrons. The monoisotopic (exact) mass is 1190 g/mol. The maximum atomic E-state index is 16.0. The summed E-state index contributed by atoms with van der Waals surface area (Å²) in [6.45, 7) is 7.92. The van der Waals surface area contributed by atoms with Gasteiger partial charge in [-0.2, -0.15) is 0 Å². The van der Waals surface area contributed by atoms with Gasteiger partial charge < -0.3 is 64.0 Å². The van der Waals surface area contributed by atoms with Crippen LogP contribution in [-0.2, 0) is 70.4 Å². The number of benzene rings is 2. The van der Waals surface area contributed by atoms with E-state index in [9.17, 15) is 38.4 Å². The summed E-state index contributed by atoms with van der Waals surface area (Å²) in [5, 5.41) is 19.1. The van der Waals surface area contributed by atoms with E-state index in [2.05, 4.69) is 36.9 Å².